The van der Waals surface area contributed by atoms with E-state index in [0.29, 0.717) is 11.6 Å². The number of carbonyl (C=O) groups excluding carboxylic acids is 2. The van der Waals surface area contributed by atoms with Crippen LogP contribution in [0, 0.1) is 11.7 Å². The molecular formula is C23H20FN3O2S. The number of nitrogens with one attached hydrogen (secondary N) is 1. The second-order valence-electron chi connectivity index (χ2n) is 7.58. The number of carbonyl (C=O) groups is 2. The fourth-order valence-corrected chi connectivity index (χ4v) is 3.85. The highest BCUT2D eigenvalue weighted by Gasteiger charge is 2.34. The molecule has 2 amide bonds. The summed E-state index contributed by atoms with van der Waals surface area (Å²) >= 11 is 5.19. The van der Waals surface area contributed by atoms with Gasteiger partial charge in [-0.15, -0.1) is 0 Å². The zero-order chi connectivity index (χ0) is 21.4. The average molecular weight is 421 g/mol. The first-order valence-corrected chi connectivity index (χ1v) is 10.0. The smallest absolute Gasteiger partial charge is 0.270 e. The van der Waals surface area contributed by atoms with E-state index in [-0.39, 0.29) is 10.7 Å². The molecule has 5 nitrogen and oxygen atoms in total. The quantitative estimate of drug-likeness (QED) is 0.389. The van der Waals surface area contributed by atoms with Crippen LogP contribution < -0.4 is 10.2 Å². The van der Waals surface area contributed by atoms with Crippen LogP contribution >= 0.6 is 12.2 Å². The van der Waals surface area contributed by atoms with Gasteiger partial charge in [-0.2, -0.15) is 0 Å². The van der Waals surface area contributed by atoms with E-state index in [4.69, 9.17) is 12.2 Å². The number of nitrogens with zero attached hydrogens (tertiary/aromatic N) is 2. The minimum absolute atomic E-state index is 0.0274. The highest BCUT2D eigenvalue weighted by molar-refractivity contribution is 7.80. The Morgan fingerprint density at radius 3 is 2.50 bits per heavy atom. The third-order valence-corrected chi connectivity index (χ3v) is 5.15. The normalized spacial score (nSPS) is 16.1. The number of fused-ring (bicyclic) bond motifs is 1. The average Bonchev–Trinajstić information content (AvgIpc) is 3.03. The number of halogens is 1. The second kappa shape index (κ2) is 7.84. The molecule has 1 fully saturated rings. The standard InChI is InChI=1S/C23H20FN3O2S/c1-14(2)12-26-13-15(18-5-3-4-6-20(18)26)11-19-21(28)25-23(30)27(22(19)29)17-9-7-16(24)8-10-17/h3-11,13-14H,12H2,1-2H3,(H,25,28,30)/b19-11+. The zero-order valence-corrected chi connectivity index (χ0v) is 17.4. The highest BCUT2D eigenvalue weighted by Crippen LogP contribution is 2.27. The third-order valence-electron chi connectivity index (χ3n) is 4.87. The highest BCUT2D eigenvalue weighted by atomic mass is 32.1. The Morgan fingerprint density at radius 1 is 1.10 bits per heavy atom. The molecule has 0 saturated carbocycles. The van der Waals surface area contributed by atoms with Crippen molar-refractivity contribution in [2.75, 3.05) is 4.90 Å². The van der Waals surface area contributed by atoms with Crippen molar-refractivity contribution in [3.63, 3.8) is 0 Å². The second-order valence-corrected chi connectivity index (χ2v) is 7.97. The number of aromatic nitrogens is 1. The van der Waals surface area contributed by atoms with Crippen molar-refractivity contribution in [1.82, 2.24) is 9.88 Å². The van der Waals surface area contributed by atoms with Crippen LogP contribution in [-0.4, -0.2) is 21.5 Å². The van der Waals surface area contributed by atoms with Gasteiger partial charge in [0.05, 0.1) is 5.69 Å². The molecule has 0 spiro atoms. The van der Waals surface area contributed by atoms with Crippen molar-refractivity contribution in [3.8, 4) is 0 Å². The van der Waals surface area contributed by atoms with E-state index in [0.717, 1.165) is 23.0 Å². The molecule has 0 radical (unpaired) electrons. The maximum absolute atomic E-state index is 13.3. The first-order valence-electron chi connectivity index (χ1n) is 9.60. The number of hydrogen-bond donors (Lipinski definition) is 1. The summed E-state index contributed by atoms with van der Waals surface area (Å²) in [6.45, 7) is 5.08. The molecule has 1 saturated heterocycles. The first kappa shape index (κ1) is 20.0. The Bertz CT molecular complexity index is 1190. The van der Waals surface area contributed by atoms with Crippen LogP contribution in [0.3, 0.4) is 0 Å². The molecule has 2 aromatic carbocycles. The van der Waals surface area contributed by atoms with Gasteiger partial charge in [0.15, 0.2) is 5.11 Å². The van der Waals surface area contributed by atoms with Crippen molar-refractivity contribution in [2.45, 2.75) is 20.4 Å². The van der Waals surface area contributed by atoms with Crippen LogP contribution in [0.25, 0.3) is 17.0 Å². The molecule has 152 valence electrons. The number of thiocarbonyl (C=S) groups is 1. The van der Waals surface area contributed by atoms with E-state index >= 15 is 0 Å². The molecule has 30 heavy (non-hydrogen) atoms. The van der Waals surface area contributed by atoms with Gasteiger partial charge in [-0.25, -0.2) is 4.39 Å². The van der Waals surface area contributed by atoms with Gasteiger partial charge in [0.1, 0.15) is 11.4 Å². The summed E-state index contributed by atoms with van der Waals surface area (Å²) in [5.74, 6) is -1.08. The topological polar surface area (TPSA) is 54.3 Å². The van der Waals surface area contributed by atoms with E-state index in [1.807, 2.05) is 30.5 Å². The molecule has 0 unspecified atom stereocenters. The van der Waals surface area contributed by atoms with Crippen molar-refractivity contribution in [1.29, 1.82) is 0 Å². The predicted octanol–water partition coefficient (Wildman–Crippen LogP) is 4.27. The molecule has 7 heteroatoms. The van der Waals surface area contributed by atoms with Gasteiger partial charge in [0, 0.05) is 29.2 Å². The summed E-state index contributed by atoms with van der Waals surface area (Å²) in [4.78, 5) is 27.0. The molecule has 2 heterocycles. The summed E-state index contributed by atoms with van der Waals surface area (Å²) in [5, 5.41) is 3.48. The van der Waals surface area contributed by atoms with E-state index in [1.165, 1.54) is 29.2 Å². The minimum Gasteiger partial charge on any atom is -0.347 e. The summed E-state index contributed by atoms with van der Waals surface area (Å²) in [5.41, 5.74) is 2.17. The van der Waals surface area contributed by atoms with Crippen molar-refractivity contribution < 1.29 is 14.0 Å². The SMILES string of the molecule is CC(C)Cn1cc(/C=C2\C(=O)NC(=S)N(c3ccc(F)cc3)C2=O)c2ccccc21. The van der Waals surface area contributed by atoms with Crippen LogP contribution in [0.2, 0.25) is 0 Å². The largest absolute Gasteiger partial charge is 0.347 e. The number of para-hydroxylation sites is 1. The van der Waals surface area contributed by atoms with Gasteiger partial charge in [-0.1, -0.05) is 32.0 Å². The zero-order valence-electron chi connectivity index (χ0n) is 16.6. The monoisotopic (exact) mass is 421 g/mol. The molecule has 1 aliphatic heterocycles. The molecule has 0 atom stereocenters. The lowest BCUT2D eigenvalue weighted by atomic mass is 10.1. The van der Waals surface area contributed by atoms with Crippen LogP contribution in [0.1, 0.15) is 19.4 Å². The Kier molecular flexibility index (Phi) is 5.22. The first-order chi connectivity index (χ1) is 14.3. The number of hydrogen-bond acceptors (Lipinski definition) is 3. The minimum atomic E-state index is -0.552. The number of anilines is 1. The molecule has 1 N–H and O–H groups in total. The molecular weight excluding hydrogens is 401 g/mol. The molecule has 4 rings (SSSR count). The van der Waals surface area contributed by atoms with Crippen molar-refractivity contribution in [2.24, 2.45) is 5.92 Å². The Morgan fingerprint density at radius 2 is 1.80 bits per heavy atom. The van der Waals surface area contributed by atoms with Gasteiger partial charge in [-0.05, 0) is 54.5 Å². The molecule has 0 bridgehead atoms. The number of benzene rings is 2. The van der Waals surface area contributed by atoms with Gasteiger partial charge in [0.25, 0.3) is 11.8 Å². The Labute approximate surface area is 178 Å². The number of rotatable bonds is 4. The van der Waals surface area contributed by atoms with Crippen molar-refractivity contribution in [3.05, 3.63) is 71.7 Å². The lowest BCUT2D eigenvalue weighted by Gasteiger charge is -2.28. The van der Waals surface area contributed by atoms with Crippen LogP contribution in [-0.2, 0) is 16.1 Å². The van der Waals surface area contributed by atoms with Gasteiger partial charge in [-0.3, -0.25) is 19.8 Å². The van der Waals surface area contributed by atoms with E-state index in [2.05, 4.69) is 23.7 Å². The van der Waals surface area contributed by atoms with E-state index in [1.54, 1.807) is 6.08 Å². The fourth-order valence-electron chi connectivity index (χ4n) is 3.57. The van der Waals surface area contributed by atoms with Gasteiger partial charge < -0.3 is 4.57 Å². The van der Waals surface area contributed by atoms with Gasteiger partial charge >= 0.3 is 0 Å². The summed E-state index contributed by atoms with van der Waals surface area (Å²) in [7, 11) is 0. The molecule has 0 aliphatic carbocycles. The van der Waals surface area contributed by atoms with E-state index in [9.17, 15) is 14.0 Å². The van der Waals surface area contributed by atoms with Crippen LogP contribution in [0.4, 0.5) is 10.1 Å². The third kappa shape index (κ3) is 3.64. The Balaban J connectivity index is 1.79. The van der Waals surface area contributed by atoms with Crippen molar-refractivity contribution >= 4 is 51.8 Å². The predicted molar refractivity (Wildman–Crippen MR) is 119 cm³/mol. The lowest BCUT2D eigenvalue weighted by Crippen LogP contribution is -2.54. The maximum Gasteiger partial charge on any atom is 0.270 e. The van der Waals surface area contributed by atoms with Crippen LogP contribution in [0.15, 0.2) is 60.3 Å². The maximum atomic E-state index is 13.3. The number of amides is 2. The fraction of sp³-hybridized carbons (Fsp3) is 0.174. The summed E-state index contributed by atoms with van der Waals surface area (Å²) < 4.78 is 15.4. The van der Waals surface area contributed by atoms with Crippen LogP contribution in [0.5, 0.6) is 0 Å². The molecule has 3 aromatic rings. The summed E-state index contributed by atoms with van der Waals surface area (Å²) in [6.07, 6.45) is 3.54. The van der Waals surface area contributed by atoms with E-state index < -0.39 is 17.6 Å². The molecule has 1 aromatic heterocycles. The van der Waals surface area contributed by atoms with Gasteiger partial charge in [0.2, 0.25) is 0 Å². The lowest BCUT2D eigenvalue weighted by molar-refractivity contribution is -0.122. The summed E-state index contributed by atoms with van der Waals surface area (Å²) in [6, 6.07) is 13.2. The Hall–Kier alpha value is -3.32. The molecule has 1 aliphatic rings.